The van der Waals surface area contributed by atoms with E-state index in [1.807, 2.05) is 20.8 Å². The Morgan fingerprint density at radius 3 is 2.04 bits per heavy atom. The molecule has 1 aliphatic carbocycles. The quantitative estimate of drug-likeness (QED) is 0.638. The van der Waals surface area contributed by atoms with Crippen molar-refractivity contribution in [3.8, 4) is 0 Å². The number of unbranched alkanes of at least 4 members (excludes halogenated alkanes) is 1. The average molecular weight is 353 g/mol. The van der Waals surface area contributed by atoms with Crippen molar-refractivity contribution in [1.29, 1.82) is 0 Å². The first kappa shape index (κ1) is 22.1. The molecule has 1 unspecified atom stereocenters. The van der Waals surface area contributed by atoms with Gasteiger partial charge in [-0.05, 0) is 39.0 Å². The Balaban J connectivity index is 2.31. The van der Waals surface area contributed by atoms with Crippen LogP contribution in [0.3, 0.4) is 0 Å². The molecule has 0 spiro atoms. The van der Waals surface area contributed by atoms with Crippen LogP contribution in [-0.4, -0.2) is 30.3 Å². The van der Waals surface area contributed by atoms with Crippen molar-refractivity contribution in [1.82, 2.24) is 10.6 Å². The minimum absolute atomic E-state index is 0.0240. The lowest BCUT2D eigenvalue weighted by Crippen LogP contribution is -2.42. The van der Waals surface area contributed by atoms with Crippen molar-refractivity contribution >= 4 is 11.7 Å². The van der Waals surface area contributed by atoms with Crippen molar-refractivity contribution in [2.24, 2.45) is 5.41 Å². The average Bonchev–Trinajstić information content (AvgIpc) is 2.66. The largest absolute Gasteiger partial charge is 0.356 e. The van der Waals surface area contributed by atoms with Gasteiger partial charge in [0.25, 0.3) is 0 Å². The number of carbonyl (C=O) groups excluding carboxylic acids is 2. The van der Waals surface area contributed by atoms with Gasteiger partial charge in [-0.1, -0.05) is 59.3 Å². The van der Waals surface area contributed by atoms with E-state index in [4.69, 9.17) is 0 Å². The van der Waals surface area contributed by atoms with Crippen LogP contribution >= 0.6 is 0 Å². The first-order valence-electron chi connectivity index (χ1n) is 10.4. The molecule has 0 aromatic carbocycles. The molecule has 0 heterocycles. The number of Topliss-reactive ketones (excluding diaryl/α,β-unsaturated/α-hetero) is 1. The molecule has 146 valence electrons. The van der Waals surface area contributed by atoms with E-state index < -0.39 is 0 Å². The summed E-state index contributed by atoms with van der Waals surface area (Å²) in [6.07, 6.45) is 13.1. The van der Waals surface area contributed by atoms with E-state index in [2.05, 4.69) is 10.6 Å². The molecule has 0 aromatic rings. The number of hydrogen-bond donors (Lipinski definition) is 2. The van der Waals surface area contributed by atoms with Crippen LogP contribution in [-0.2, 0) is 9.59 Å². The summed E-state index contributed by atoms with van der Waals surface area (Å²) in [5.74, 6) is 0.345. The second-order valence-corrected chi connectivity index (χ2v) is 8.73. The zero-order valence-electron chi connectivity index (χ0n) is 17.0. The number of ketones is 1. The summed E-state index contributed by atoms with van der Waals surface area (Å²) >= 11 is 0. The van der Waals surface area contributed by atoms with Gasteiger partial charge < -0.3 is 10.6 Å². The maximum absolute atomic E-state index is 12.0. The predicted octanol–water partition coefficient (Wildman–Crippen LogP) is 4.37. The molecular weight excluding hydrogens is 312 g/mol. The standard InChI is InChI=1S/C21H40N2O2/c1-17(24)19(15-11-12-16-22-20(25)21(2,3)4)23-18-13-9-7-5-6-8-10-14-18/h18-19,23H,5-16H2,1-4H3,(H,22,25). The minimum Gasteiger partial charge on any atom is -0.356 e. The minimum atomic E-state index is -0.333. The summed E-state index contributed by atoms with van der Waals surface area (Å²) in [5, 5.41) is 6.62. The molecular formula is C21H40N2O2. The maximum atomic E-state index is 12.0. The fraction of sp³-hybridized carbons (Fsp3) is 0.905. The number of hydrogen-bond acceptors (Lipinski definition) is 3. The van der Waals surface area contributed by atoms with E-state index in [-0.39, 0.29) is 23.1 Å². The molecule has 1 fully saturated rings. The van der Waals surface area contributed by atoms with Crippen molar-refractivity contribution in [3.05, 3.63) is 0 Å². The lowest BCUT2D eigenvalue weighted by molar-refractivity contribution is -0.128. The zero-order chi connectivity index (χ0) is 18.7. The Morgan fingerprint density at radius 1 is 0.960 bits per heavy atom. The second-order valence-electron chi connectivity index (χ2n) is 8.73. The van der Waals surface area contributed by atoms with E-state index >= 15 is 0 Å². The Morgan fingerprint density at radius 2 is 1.52 bits per heavy atom. The third kappa shape index (κ3) is 9.98. The molecule has 2 N–H and O–H groups in total. The normalized spacial score (nSPS) is 18.7. The smallest absolute Gasteiger partial charge is 0.225 e. The lowest BCUT2D eigenvalue weighted by atomic mass is 9.95. The molecule has 1 aliphatic rings. The van der Waals surface area contributed by atoms with Crippen LogP contribution in [0, 0.1) is 5.41 Å². The summed E-state index contributed by atoms with van der Waals surface area (Å²) in [7, 11) is 0. The van der Waals surface area contributed by atoms with Crippen LogP contribution in [0.5, 0.6) is 0 Å². The Labute approximate surface area is 154 Å². The molecule has 1 amide bonds. The second kappa shape index (κ2) is 11.7. The van der Waals surface area contributed by atoms with Crippen LogP contribution < -0.4 is 10.6 Å². The van der Waals surface area contributed by atoms with E-state index in [0.29, 0.717) is 12.6 Å². The summed E-state index contributed by atoms with van der Waals surface area (Å²) < 4.78 is 0. The third-order valence-electron chi connectivity index (χ3n) is 5.17. The van der Waals surface area contributed by atoms with Gasteiger partial charge in [0, 0.05) is 18.0 Å². The fourth-order valence-corrected chi connectivity index (χ4v) is 3.43. The number of amides is 1. The van der Waals surface area contributed by atoms with Gasteiger partial charge in [0.15, 0.2) is 0 Å². The molecule has 1 saturated carbocycles. The Bertz CT molecular complexity index is 391. The van der Waals surface area contributed by atoms with Gasteiger partial charge in [0.05, 0.1) is 6.04 Å². The Hall–Kier alpha value is -0.900. The molecule has 0 radical (unpaired) electrons. The highest BCUT2D eigenvalue weighted by molar-refractivity contribution is 5.81. The molecule has 0 aliphatic heterocycles. The molecule has 25 heavy (non-hydrogen) atoms. The molecule has 0 aromatic heterocycles. The van der Waals surface area contributed by atoms with E-state index in [9.17, 15) is 9.59 Å². The first-order chi connectivity index (χ1) is 11.8. The van der Waals surface area contributed by atoms with Crippen LogP contribution in [0.1, 0.15) is 98.3 Å². The molecule has 1 atom stereocenters. The van der Waals surface area contributed by atoms with E-state index in [1.165, 1.54) is 51.4 Å². The fourth-order valence-electron chi connectivity index (χ4n) is 3.43. The summed E-state index contributed by atoms with van der Waals surface area (Å²) in [4.78, 5) is 23.9. The van der Waals surface area contributed by atoms with Crippen LogP contribution in [0.2, 0.25) is 0 Å². The van der Waals surface area contributed by atoms with Crippen LogP contribution in [0.15, 0.2) is 0 Å². The van der Waals surface area contributed by atoms with Crippen molar-refractivity contribution in [2.75, 3.05) is 6.54 Å². The zero-order valence-corrected chi connectivity index (χ0v) is 17.0. The van der Waals surface area contributed by atoms with Crippen molar-refractivity contribution in [3.63, 3.8) is 0 Å². The van der Waals surface area contributed by atoms with Crippen LogP contribution in [0.25, 0.3) is 0 Å². The van der Waals surface area contributed by atoms with Gasteiger partial charge in [-0.2, -0.15) is 0 Å². The summed E-state index contributed by atoms with van der Waals surface area (Å²) in [5.41, 5.74) is -0.333. The van der Waals surface area contributed by atoms with Gasteiger partial charge in [-0.15, -0.1) is 0 Å². The van der Waals surface area contributed by atoms with Gasteiger partial charge >= 0.3 is 0 Å². The molecule has 4 nitrogen and oxygen atoms in total. The predicted molar refractivity (Wildman–Crippen MR) is 105 cm³/mol. The van der Waals surface area contributed by atoms with Crippen LogP contribution in [0.4, 0.5) is 0 Å². The van der Waals surface area contributed by atoms with Crippen molar-refractivity contribution in [2.45, 2.75) is 110 Å². The highest BCUT2D eigenvalue weighted by Crippen LogP contribution is 2.18. The van der Waals surface area contributed by atoms with Gasteiger partial charge in [0.1, 0.15) is 5.78 Å². The summed E-state index contributed by atoms with van der Waals surface area (Å²) in [6, 6.07) is 0.469. The topological polar surface area (TPSA) is 58.2 Å². The molecule has 4 heteroatoms. The number of nitrogens with one attached hydrogen (secondary N) is 2. The SMILES string of the molecule is CC(=O)C(CCCCNC(=O)C(C)(C)C)NC1CCCCCCCC1. The Kier molecular flexibility index (Phi) is 10.3. The van der Waals surface area contributed by atoms with Gasteiger partial charge in [0.2, 0.25) is 5.91 Å². The van der Waals surface area contributed by atoms with Gasteiger partial charge in [-0.3, -0.25) is 9.59 Å². The van der Waals surface area contributed by atoms with Gasteiger partial charge in [-0.25, -0.2) is 0 Å². The monoisotopic (exact) mass is 352 g/mol. The highest BCUT2D eigenvalue weighted by Gasteiger charge is 2.21. The first-order valence-corrected chi connectivity index (χ1v) is 10.4. The number of rotatable bonds is 8. The highest BCUT2D eigenvalue weighted by atomic mass is 16.2. The summed E-state index contributed by atoms with van der Waals surface area (Å²) in [6.45, 7) is 8.18. The van der Waals surface area contributed by atoms with E-state index in [0.717, 1.165) is 19.3 Å². The maximum Gasteiger partial charge on any atom is 0.225 e. The third-order valence-corrected chi connectivity index (χ3v) is 5.17. The van der Waals surface area contributed by atoms with E-state index in [1.54, 1.807) is 6.92 Å². The molecule has 1 rings (SSSR count). The number of carbonyl (C=O) groups is 2. The molecule has 0 saturated heterocycles. The molecule has 0 bridgehead atoms. The lowest BCUT2D eigenvalue weighted by Gasteiger charge is -2.24. The van der Waals surface area contributed by atoms with Crippen molar-refractivity contribution < 1.29 is 9.59 Å².